The number of furan rings is 1. The molecular formula is C22H25F2N3O3. The van der Waals surface area contributed by atoms with Gasteiger partial charge in [-0.2, -0.15) is 0 Å². The average molecular weight is 417 g/mol. The second-order valence-electron chi connectivity index (χ2n) is 7.87. The van der Waals surface area contributed by atoms with Gasteiger partial charge in [0.15, 0.2) is 0 Å². The third kappa shape index (κ3) is 4.38. The second kappa shape index (κ2) is 8.95. The second-order valence-corrected chi connectivity index (χ2v) is 7.87. The van der Waals surface area contributed by atoms with Crippen molar-refractivity contribution in [3.8, 4) is 0 Å². The molecule has 0 saturated carbocycles. The van der Waals surface area contributed by atoms with E-state index in [1.54, 1.807) is 23.1 Å². The molecule has 1 N–H and O–H groups in total. The van der Waals surface area contributed by atoms with Crippen LogP contribution in [0.1, 0.15) is 40.7 Å². The lowest BCUT2D eigenvalue weighted by molar-refractivity contribution is -0.124. The molecule has 1 atom stereocenters. The molecule has 0 bridgehead atoms. The van der Waals surface area contributed by atoms with Gasteiger partial charge in [0.25, 0.3) is 5.91 Å². The summed E-state index contributed by atoms with van der Waals surface area (Å²) in [6.07, 6.45) is 1.05. The van der Waals surface area contributed by atoms with E-state index in [9.17, 15) is 18.4 Å². The number of benzene rings is 1. The number of carbonyl (C=O) groups is 2. The maximum Gasteiger partial charge on any atom is 0.257 e. The van der Waals surface area contributed by atoms with E-state index in [2.05, 4.69) is 5.32 Å². The zero-order valence-corrected chi connectivity index (χ0v) is 16.7. The fraction of sp³-hybridized carbons (Fsp3) is 0.455. The Morgan fingerprint density at radius 2 is 1.97 bits per heavy atom. The minimum absolute atomic E-state index is 0.0432. The number of nitrogens with one attached hydrogen (secondary N) is 1. The van der Waals surface area contributed by atoms with Crippen molar-refractivity contribution in [1.82, 2.24) is 15.1 Å². The molecule has 4 rings (SSSR count). The number of alkyl halides is 1. The van der Waals surface area contributed by atoms with Gasteiger partial charge in [-0.3, -0.25) is 14.5 Å². The van der Waals surface area contributed by atoms with E-state index in [-0.39, 0.29) is 29.8 Å². The lowest BCUT2D eigenvalue weighted by Gasteiger charge is -2.33. The van der Waals surface area contributed by atoms with Crippen LogP contribution in [0.15, 0.2) is 41.0 Å². The van der Waals surface area contributed by atoms with Crippen LogP contribution in [-0.2, 0) is 11.3 Å². The third-order valence-corrected chi connectivity index (χ3v) is 5.90. The Morgan fingerprint density at radius 1 is 1.20 bits per heavy atom. The topological polar surface area (TPSA) is 65.8 Å². The van der Waals surface area contributed by atoms with E-state index < -0.39 is 12.0 Å². The maximum atomic E-state index is 14.8. The number of halogens is 2. The molecule has 2 amide bonds. The molecule has 0 radical (unpaired) electrons. The van der Waals surface area contributed by atoms with Crippen LogP contribution in [0.2, 0.25) is 0 Å². The van der Waals surface area contributed by atoms with Crippen molar-refractivity contribution < 1.29 is 22.8 Å². The van der Waals surface area contributed by atoms with Crippen LogP contribution in [0.3, 0.4) is 0 Å². The molecule has 1 unspecified atom stereocenters. The minimum Gasteiger partial charge on any atom is -0.467 e. The van der Waals surface area contributed by atoms with Crippen molar-refractivity contribution in [2.75, 3.05) is 32.7 Å². The predicted octanol–water partition coefficient (Wildman–Crippen LogP) is 2.91. The average Bonchev–Trinajstić information content (AvgIpc) is 3.21. The van der Waals surface area contributed by atoms with Crippen LogP contribution in [0.5, 0.6) is 0 Å². The Bertz CT molecular complexity index is 909. The summed E-state index contributed by atoms with van der Waals surface area (Å²) in [5.41, 5.74) is 0.565. The van der Waals surface area contributed by atoms with E-state index >= 15 is 0 Å². The highest BCUT2D eigenvalue weighted by molar-refractivity contribution is 5.95. The quantitative estimate of drug-likeness (QED) is 0.813. The third-order valence-electron chi connectivity index (χ3n) is 5.90. The SMILES string of the molecule is O=C1CN(Cc2occc2C(=O)N2CCC(C(F)c3ccccc3F)CC2)CCN1. The Morgan fingerprint density at radius 3 is 2.70 bits per heavy atom. The standard InChI is InChI=1S/C22H25F2N3O3/c23-18-4-2-1-3-16(18)21(24)15-5-9-27(10-6-15)22(29)17-7-12-30-19(17)13-26-11-8-25-20(28)14-26/h1-4,7,12,15,21H,5-6,8-11,13-14H2,(H,25,28). The van der Waals surface area contributed by atoms with E-state index in [1.807, 2.05) is 4.90 Å². The van der Waals surface area contributed by atoms with Gasteiger partial charge in [-0.1, -0.05) is 18.2 Å². The Labute approximate surface area is 173 Å². The van der Waals surface area contributed by atoms with Gasteiger partial charge in [-0.15, -0.1) is 0 Å². The van der Waals surface area contributed by atoms with Gasteiger partial charge in [0.05, 0.1) is 24.9 Å². The number of piperazine rings is 1. The Balaban J connectivity index is 1.36. The van der Waals surface area contributed by atoms with Gasteiger partial charge in [0, 0.05) is 31.7 Å². The number of nitrogens with zero attached hydrogens (tertiary/aromatic N) is 2. The minimum atomic E-state index is -1.38. The normalized spacial score (nSPS) is 19.5. The first-order valence-electron chi connectivity index (χ1n) is 10.3. The summed E-state index contributed by atoms with van der Waals surface area (Å²) >= 11 is 0. The van der Waals surface area contributed by atoms with E-state index in [1.165, 1.54) is 18.4 Å². The summed E-state index contributed by atoms with van der Waals surface area (Å²) in [6, 6.07) is 7.58. The molecular weight excluding hydrogens is 392 g/mol. The monoisotopic (exact) mass is 417 g/mol. The van der Waals surface area contributed by atoms with Gasteiger partial charge in [0.1, 0.15) is 17.7 Å². The number of rotatable bonds is 5. The summed E-state index contributed by atoms with van der Waals surface area (Å²) in [4.78, 5) is 28.2. The Kier molecular flexibility index (Phi) is 6.13. The predicted molar refractivity (Wildman–Crippen MR) is 106 cm³/mol. The highest BCUT2D eigenvalue weighted by Crippen LogP contribution is 2.35. The fourth-order valence-corrected chi connectivity index (χ4v) is 4.20. The number of carbonyl (C=O) groups excluding carboxylic acids is 2. The first-order chi connectivity index (χ1) is 14.5. The molecule has 2 aromatic rings. The van der Waals surface area contributed by atoms with Crippen molar-refractivity contribution in [2.45, 2.75) is 25.6 Å². The summed E-state index contributed by atoms with van der Waals surface area (Å²) in [5, 5.41) is 2.77. The molecule has 0 aliphatic carbocycles. The summed E-state index contributed by atoms with van der Waals surface area (Å²) in [6.45, 7) is 2.75. The molecule has 1 aromatic heterocycles. The molecule has 30 heavy (non-hydrogen) atoms. The van der Waals surface area contributed by atoms with Gasteiger partial charge < -0.3 is 14.6 Å². The lowest BCUT2D eigenvalue weighted by Crippen LogP contribution is -2.47. The molecule has 1 aromatic carbocycles. The van der Waals surface area contributed by atoms with Crippen LogP contribution < -0.4 is 5.32 Å². The number of likely N-dealkylation sites (tertiary alicyclic amines) is 1. The van der Waals surface area contributed by atoms with Crippen LogP contribution in [0.25, 0.3) is 0 Å². The number of hydrogen-bond donors (Lipinski definition) is 1. The van der Waals surface area contributed by atoms with Crippen molar-refractivity contribution in [3.05, 3.63) is 59.3 Å². The smallest absolute Gasteiger partial charge is 0.257 e. The van der Waals surface area contributed by atoms with Crippen LogP contribution >= 0.6 is 0 Å². The largest absolute Gasteiger partial charge is 0.467 e. The Hall–Kier alpha value is -2.74. The molecule has 6 nitrogen and oxygen atoms in total. The molecule has 2 aliphatic heterocycles. The summed E-state index contributed by atoms with van der Waals surface area (Å²) in [5.74, 6) is -0.510. The zero-order valence-electron chi connectivity index (χ0n) is 16.7. The first-order valence-corrected chi connectivity index (χ1v) is 10.3. The van der Waals surface area contributed by atoms with E-state index in [0.717, 1.165) is 0 Å². The van der Waals surface area contributed by atoms with Crippen molar-refractivity contribution in [1.29, 1.82) is 0 Å². The molecule has 8 heteroatoms. The highest BCUT2D eigenvalue weighted by Gasteiger charge is 2.32. The highest BCUT2D eigenvalue weighted by atomic mass is 19.1. The molecule has 2 fully saturated rings. The van der Waals surface area contributed by atoms with Crippen LogP contribution in [0.4, 0.5) is 8.78 Å². The molecule has 2 aliphatic rings. The van der Waals surface area contributed by atoms with E-state index in [4.69, 9.17) is 4.42 Å². The molecule has 0 spiro atoms. The van der Waals surface area contributed by atoms with E-state index in [0.29, 0.717) is 56.9 Å². The summed E-state index contributed by atoms with van der Waals surface area (Å²) in [7, 11) is 0. The summed E-state index contributed by atoms with van der Waals surface area (Å²) < 4.78 is 34.3. The number of amides is 2. The van der Waals surface area contributed by atoms with Gasteiger partial charge in [-0.05, 0) is 30.9 Å². The first kappa shape index (κ1) is 20.5. The fourth-order valence-electron chi connectivity index (χ4n) is 4.20. The zero-order chi connectivity index (χ0) is 21.1. The van der Waals surface area contributed by atoms with Crippen molar-refractivity contribution in [3.63, 3.8) is 0 Å². The number of hydrogen-bond acceptors (Lipinski definition) is 4. The molecule has 2 saturated heterocycles. The van der Waals surface area contributed by atoms with Gasteiger partial charge >= 0.3 is 0 Å². The van der Waals surface area contributed by atoms with Crippen molar-refractivity contribution in [2.24, 2.45) is 5.92 Å². The van der Waals surface area contributed by atoms with Gasteiger partial charge in [-0.25, -0.2) is 8.78 Å². The van der Waals surface area contributed by atoms with Crippen molar-refractivity contribution >= 4 is 11.8 Å². The van der Waals surface area contributed by atoms with Gasteiger partial charge in [0.2, 0.25) is 5.91 Å². The lowest BCUT2D eigenvalue weighted by atomic mass is 9.88. The molecule has 3 heterocycles. The van der Waals surface area contributed by atoms with Crippen LogP contribution in [-0.4, -0.2) is 54.3 Å². The number of piperidine rings is 1. The maximum absolute atomic E-state index is 14.8. The van der Waals surface area contributed by atoms with Crippen LogP contribution in [0, 0.1) is 11.7 Å². The molecule has 160 valence electrons.